The third kappa shape index (κ3) is 2.54. The van der Waals surface area contributed by atoms with Gasteiger partial charge in [0.05, 0.1) is 11.1 Å². The maximum absolute atomic E-state index is 10.5. The van der Waals surface area contributed by atoms with E-state index in [1.807, 2.05) is 0 Å². The highest BCUT2D eigenvalue weighted by molar-refractivity contribution is 14.1. The van der Waals surface area contributed by atoms with E-state index in [0.717, 1.165) is 11.3 Å². The summed E-state index contributed by atoms with van der Waals surface area (Å²) in [5.41, 5.74) is 0. The fourth-order valence-corrected chi connectivity index (χ4v) is 1.55. The third-order valence-corrected chi connectivity index (χ3v) is 1.95. The van der Waals surface area contributed by atoms with Crippen LogP contribution < -0.4 is 5.32 Å². The first-order chi connectivity index (χ1) is 5.22. The Morgan fingerprint density at radius 3 is 3.00 bits per heavy atom. The number of carbonyl (C=O) groups is 2. The Morgan fingerprint density at radius 2 is 2.55 bits per heavy atom. The lowest BCUT2D eigenvalue weighted by Gasteiger charge is -1.89. The van der Waals surface area contributed by atoms with Gasteiger partial charge < -0.3 is 0 Å². The van der Waals surface area contributed by atoms with E-state index in [4.69, 9.17) is 0 Å². The second-order valence-electron chi connectivity index (χ2n) is 1.58. The second-order valence-corrected chi connectivity index (χ2v) is 3.63. The number of thiazole rings is 1. The van der Waals surface area contributed by atoms with Gasteiger partial charge in [0, 0.05) is 22.6 Å². The summed E-state index contributed by atoms with van der Waals surface area (Å²) in [5, 5.41) is 2.91. The molecule has 0 aliphatic heterocycles. The minimum absolute atomic E-state index is 0.214. The molecule has 0 bridgehead atoms. The van der Waals surface area contributed by atoms with Crippen LogP contribution >= 0.6 is 33.9 Å². The Kier molecular flexibility index (Phi) is 2.94. The van der Waals surface area contributed by atoms with E-state index < -0.39 is 0 Å². The van der Waals surface area contributed by atoms with Crippen LogP contribution in [0, 0.1) is 0 Å². The van der Waals surface area contributed by atoms with Crippen molar-refractivity contribution in [2.24, 2.45) is 0 Å². The molecular formula is C5H3IN2O2S. The maximum Gasteiger partial charge on any atom is 0.286 e. The van der Waals surface area contributed by atoms with Crippen molar-refractivity contribution in [3.8, 4) is 0 Å². The van der Waals surface area contributed by atoms with Gasteiger partial charge in [-0.25, -0.2) is 4.98 Å². The van der Waals surface area contributed by atoms with Crippen LogP contribution in [0.3, 0.4) is 0 Å². The summed E-state index contributed by atoms with van der Waals surface area (Å²) in [6.45, 7) is 0. The molecule has 4 nitrogen and oxygen atoms in total. The molecule has 0 fully saturated rings. The van der Waals surface area contributed by atoms with E-state index in [-0.39, 0.29) is 3.91 Å². The highest BCUT2D eigenvalue weighted by atomic mass is 127. The fraction of sp³-hybridized carbons (Fsp3) is 0. The zero-order chi connectivity index (χ0) is 8.27. The van der Waals surface area contributed by atoms with Crippen molar-refractivity contribution in [3.05, 3.63) is 11.1 Å². The smallest absolute Gasteiger partial charge is 0.286 e. The highest BCUT2D eigenvalue weighted by Crippen LogP contribution is 2.16. The summed E-state index contributed by atoms with van der Waals surface area (Å²) in [5.74, 6) is 0. The zero-order valence-electron chi connectivity index (χ0n) is 5.20. The van der Waals surface area contributed by atoms with Crippen molar-refractivity contribution in [2.45, 2.75) is 0 Å². The van der Waals surface area contributed by atoms with E-state index in [1.165, 1.54) is 6.20 Å². The number of aromatic nitrogens is 1. The van der Waals surface area contributed by atoms with Crippen molar-refractivity contribution in [2.75, 3.05) is 5.32 Å². The Balaban J connectivity index is 2.72. The molecule has 0 atom stereocenters. The zero-order valence-corrected chi connectivity index (χ0v) is 8.18. The molecule has 0 saturated carbocycles. The molecule has 1 amide bonds. The largest absolute Gasteiger partial charge is 0.297 e. The molecule has 0 aliphatic rings. The Morgan fingerprint density at radius 1 is 1.82 bits per heavy atom. The molecule has 0 aliphatic carbocycles. The van der Waals surface area contributed by atoms with Crippen LogP contribution in [-0.4, -0.2) is 15.2 Å². The van der Waals surface area contributed by atoms with E-state index in [0.29, 0.717) is 16.3 Å². The van der Waals surface area contributed by atoms with Gasteiger partial charge in [-0.1, -0.05) is 11.3 Å². The molecule has 0 unspecified atom stereocenters. The molecule has 0 spiro atoms. The lowest BCUT2D eigenvalue weighted by molar-refractivity contribution is 0.112. The van der Waals surface area contributed by atoms with Crippen molar-refractivity contribution in [1.29, 1.82) is 0 Å². The minimum atomic E-state index is -0.214. The molecule has 58 valence electrons. The van der Waals surface area contributed by atoms with Crippen LogP contribution in [-0.2, 0) is 0 Å². The minimum Gasteiger partial charge on any atom is -0.297 e. The van der Waals surface area contributed by atoms with Crippen LogP contribution in [0.2, 0.25) is 0 Å². The van der Waals surface area contributed by atoms with E-state index in [9.17, 15) is 9.59 Å². The predicted octanol–water partition coefficient (Wildman–Crippen LogP) is 1.92. The van der Waals surface area contributed by atoms with E-state index in [1.54, 1.807) is 22.6 Å². The third-order valence-electron chi connectivity index (χ3n) is 0.845. The highest BCUT2D eigenvalue weighted by Gasteiger charge is 2.01. The lowest BCUT2D eigenvalue weighted by Crippen LogP contribution is -1.98. The molecule has 1 N–H and O–H groups in total. The van der Waals surface area contributed by atoms with Crippen LogP contribution in [0.4, 0.5) is 9.93 Å². The number of halogens is 1. The Hall–Kier alpha value is -0.500. The number of nitrogens with zero attached hydrogens (tertiary/aromatic N) is 1. The summed E-state index contributed by atoms with van der Waals surface area (Å²) in [6, 6.07) is 0. The van der Waals surface area contributed by atoms with Crippen molar-refractivity contribution in [3.63, 3.8) is 0 Å². The number of hydrogen-bond donors (Lipinski definition) is 1. The number of amides is 1. The van der Waals surface area contributed by atoms with Gasteiger partial charge in [-0.3, -0.25) is 14.9 Å². The first-order valence-corrected chi connectivity index (χ1v) is 4.49. The average molecular weight is 282 g/mol. The topological polar surface area (TPSA) is 59.1 Å². The molecule has 1 rings (SSSR count). The predicted molar refractivity (Wildman–Crippen MR) is 50.5 cm³/mol. The normalized spacial score (nSPS) is 9.18. The summed E-state index contributed by atoms with van der Waals surface area (Å²) in [7, 11) is 0. The van der Waals surface area contributed by atoms with Gasteiger partial charge in [-0.05, 0) is 0 Å². The van der Waals surface area contributed by atoms with E-state index >= 15 is 0 Å². The molecule has 1 heterocycles. The summed E-state index contributed by atoms with van der Waals surface area (Å²) in [4.78, 5) is 24.9. The van der Waals surface area contributed by atoms with Crippen LogP contribution in [0.1, 0.15) is 9.67 Å². The first-order valence-electron chi connectivity index (χ1n) is 2.60. The molecule has 0 aromatic carbocycles. The Labute approximate surface area is 80.2 Å². The van der Waals surface area contributed by atoms with Gasteiger partial charge in [-0.15, -0.1) is 0 Å². The van der Waals surface area contributed by atoms with Crippen LogP contribution in [0.5, 0.6) is 0 Å². The fourth-order valence-electron chi connectivity index (χ4n) is 0.483. The first kappa shape index (κ1) is 8.60. The summed E-state index contributed by atoms with van der Waals surface area (Å²) in [6.07, 6.45) is 2.11. The SMILES string of the molecule is O=Cc1cnc(NC(=O)I)s1. The van der Waals surface area contributed by atoms with Gasteiger partial charge in [0.15, 0.2) is 11.4 Å². The van der Waals surface area contributed by atoms with Gasteiger partial charge in [0.1, 0.15) is 0 Å². The molecule has 0 saturated heterocycles. The molecule has 1 aromatic heterocycles. The van der Waals surface area contributed by atoms with Gasteiger partial charge in [0.25, 0.3) is 3.91 Å². The number of aldehydes is 1. The van der Waals surface area contributed by atoms with Crippen LogP contribution in [0.25, 0.3) is 0 Å². The maximum atomic E-state index is 10.5. The second kappa shape index (κ2) is 3.77. The average Bonchev–Trinajstić information content (AvgIpc) is 2.34. The summed E-state index contributed by atoms with van der Waals surface area (Å²) >= 11 is 2.74. The summed E-state index contributed by atoms with van der Waals surface area (Å²) < 4.78 is -0.214. The lowest BCUT2D eigenvalue weighted by atomic mass is 10.6. The number of anilines is 1. The van der Waals surface area contributed by atoms with Crippen LogP contribution in [0.15, 0.2) is 6.20 Å². The quantitative estimate of drug-likeness (QED) is 0.390. The number of carbonyl (C=O) groups excluding carboxylic acids is 2. The van der Waals surface area contributed by atoms with Crippen molar-refractivity contribution in [1.82, 2.24) is 4.98 Å². The van der Waals surface area contributed by atoms with Crippen molar-refractivity contribution >= 4 is 49.3 Å². The molecule has 6 heteroatoms. The number of rotatable bonds is 2. The Bertz CT molecular complexity index is 286. The monoisotopic (exact) mass is 282 g/mol. The van der Waals surface area contributed by atoms with Gasteiger partial charge in [0.2, 0.25) is 0 Å². The van der Waals surface area contributed by atoms with Crippen molar-refractivity contribution < 1.29 is 9.59 Å². The molecule has 0 radical (unpaired) electrons. The number of nitrogens with one attached hydrogen (secondary N) is 1. The van der Waals surface area contributed by atoms with Gasteiger partial charge in [-0.2, -0.15) is 0 Å². The number of hydrogen-bond acceptors (Lipinski definition) is 4. The molecule has 11 heavy (non-hydrogen) atoms. The molecule has 1 aromatic rings. The van der Waals surface area contributed by atoms with E-state index in [2.05, 4.69) is 10.3 Å². The standard InChI is InChI=1S/C5H3IN2O2S/c6-4(10)8-5-7-1-3(2-9)11-5/h1-2H,(H,7,8,10). The molecular weight excluding hydrogens is 279 g/mol. The van der Waals surface area contributed by atoms with Gasteiger partial charge >= 0.3 is 0 Å².